The summed E-state index contributed by atoms with van der Waals surface area (Å²) >= 11 is 0. The highest BCUT2D eigenvalue weighted by molar-refractivity contribution is 6.30. The Kier molecular flexibility index (Phi) is 4.52. The van der Waals surface area contributed by atoms with Crippen molar-refractivity contribution < 1.29 is 19.1 Å². The first-order valence-corrected chi connectivity index (χ1v) is 9.34. The third kappa shape index (κ3) is 2.93. The Morgan fingerprint density at radius 3 is 2.26 bits per heavy atom. The molecule has 0 radical (unpaired) electrons. The lowest BCUT2D eigenvalue weighted by Gasteiger charge is -2.34. The molecule has 2 aromatic carbocycles. The minimum atomic E-state index is -0.146. The Hall–Kier alpha value is -2.95. The fourth-order valence-electron chi connectivity index (χ4n) is 4.01. The molecule has 5 heteroatoms. The predicted molar refractivity (Wildman–Crippen MR) is 101 cm³/mol. The summed E-state index contributed by atoms with van der Waals surface area (Å²) in [4.78, 5) is 40.1. The van der Waals surface area contributed by atoms with Gasteiger partial charge in [-0.1, -0.05) is 36.4 Å². The van der Waals surface area contributed by atoms with Crippen molar-refractivity contribution >= 4 is 23.2 Å². The predicted octanol–water partition coefficient (Wildman–Crippen LogP) is 3.24. The number of nitrogens with zero attached hydrogens (tertiary/aromatic N) is 1. The van der Waals surface area contributed by atoms with Gasteiger partial charge in [0.05, 0.1) is 18.1 Å². The molecule has 0 spiro atoms. The van der Waals surface area contributed by atoms with Crippen LogP contribution in [0.2, 0.25) is 0 Å². The lowest BCUT2D eigenvalue weighted by molar-refractivity contribution is -0.148. The van der Waals surface area contributed by atoms with Gasteiger partial charge in [0, 0.05) is 35.5 Å². The maximum atomic E-state index is 13.1. The van der Waals surface area contributed by atoms with Crippen LogP contribution in [0.4, 0.5) is 5.69 Å². The Labute approximate surface area is 157 Å². The largest absolute Gasteiger partial charge is 0.466 e. The first kappa shape index (κ1) is 17.5. The van der Waals surface area contributed by atoms with Gasteiger partial charge in [-0.2, -0.15) is 0 Å². The van der Waals surface area contributed by atoms with Crippen molar-refractivity contribution in [1.82, 2.24) is 0 Å². The molecular formula is C22H21NO4. The van der Waals surface area contributed by atoms with Crippen molar-refractivity contribution in [2.75, 3.05) is 24.6 Å². The topological polar surface area (TPSA) is 63.7 Å². The van der Waals surface area contributed by atoms with Gasteiger partial charge in [0.2, 0.25) is 0 Å². The lowest BCUT2D eigenvalue weighted by Crippen LogP contribution is -2.38. The second-order valence-electron chi connectivity index (χ2n) is 6.92. The summed E-state index contributed by atoms with van der Waals surface area (Å²) in [6, 6.07) is 12.4. The summed E-state index contributed by atoms with van der Waals surface area (Å²) in [6.45, 7) is 3.51. The smallest absolute Gasteiger partial charge is 0.309 e. The van der Waals surface area contributed by atoms with Crippen LogP contribution in [0.15, 0.2) is 42.5 Å². The molecule has 0 bridgehead atoms. The first-order valence-electron chi connectivity index (χ1n) is 9.34. The van der Waals surface area contributed by atoms with E-state index < -0.39 is 0 Å². The maximum Gasteiger partial charge on any atom is 0.309 e. The zero-order valence-electron chi connectivity index (χ0n) is 15.2. The van der Waals surface area contributed by atoms with E-state index in [1.165, 1.54) is 0 Å². The van der Waals surface area contributed by atoms with E-state index in [2.05, 4.69) is 4.90 Å². The molecule has 0 saturated carbocycles. The second-order valence-corrected chi connectivity index (χ2v) is 6.92. The van der Waals surface area contributed by atoms with Crippen LogP contribution in [0.5, 0.6) is 0 Å². The molecule has 0 N–H and O–H groups in total. The van der Waals surface area contributed by atoms with E-state index in [0.29, 0.717) is 54.8 Å². The average molecular weight is 363 g/mol. The molecule has 2 aliphatic rings. The Morgan fingerprint density at radius 2 is 1.59 bits per heavy atom. The van der Waals surface area contributed by atoms with Crippen LogP contribution in [0.25, 0.3) is 0 Å². The second kappa shape index (κ2) is 6.99. The fraction of sp³-hybridized carbons (Fsp3) is 0.318. The van der Waals surface area contributed by atoms with Crippen molar-refractivity contribution in [3.63, 3.8) is 0 Å². The van der Waals surface area contributed by atoms with Crippen molar-refractivity contribution in [2.45, 2.75) is 19.8 Å². The van der Waals surface area contributed by atoms with Crippen LogP contribution >= 0.6 is 0 Å². The zero-order chi connectivity index (χ0) is 19.0. The van der Waals surface area contributed by atoms with E-state index in [1.54, 1.807) is 30.3 Å². The number of ether oxygens (including phenoxy) is 1. The number of fused-ring (bicyclic) bond motifs is 2. The molecule has 1 aliphatic heterocycles. The molecular weight excluding hydrogens is 342 g/mol. The van der Waals surface area contributed by atoms with E-state index in [9.17, 15) is 14.4 Å². The van der Waals surface area contributed by atoms with Crippen molar-refractivity contribution in [1.29, 1.82) is 0 Å². The first-order chi connectivity index (χ1) is 13.1. The van der Waals surface area contributed by atoms with E-state index in [4.69, 9.17) is 4.74 Å². The third-order valence-corrected chi connectivity index (χ3v) is 5.39. The summed E-state index contributed by atoms with van der Waals surface area (Å²) in [6.07, 6.45) is 1.36. The number of benzene rings is 2. The summed E-state index contributed by atoms with van der Waals surface area (Å²) < 4.78 is 5.13. The van der Waals surface area contributed by atoms with Crippen molar-refractivity contribution in [2.24, 2.45) is 5.92 Å². The van der Waals surface area contributed by atoms with Crippen molar-refractivity contribution in [3.8, 4) is 0 Å². The molecule has 5 nitrogen and oxygen atoms in total. The fourth-order valence-corrected chi connectivity index (χ4v) is 4.01. The van der Waals surface area contributed by atoms with Crippen LogP contribution in [-0.4, -0.2) is 37.2 Å². The van der Waals surface area contributed by atoms with E-state index in [-0.39, 0.29) is 23.5 Å². The maximum absolute atomic E-state index is 13.1. The number of carbonyl (C=O) groups excluding carboxylic acids is 3. The number of ketones is 2. The van der Waals surface area contributed by atoms with Gasteiger partial charge in [0.1, 0.15) is 0 Å². The van der Waals surface area contributed by atoms with Crippen LogP contribution in [0.1, 0.15) is 51.6 Å². The highest BCUT2D eigenvalue weighted by Gasteiger charge is 2.34. The minimum Gasteiger partial charge on any atom is -0.466 e. The summed E-state index contributed by atoms with van der Waals surface area (Å²) in [7, 11) is 0. The number of anilines is 1. The third-order valence-electron chi connectivity index (χ3n) is 5.39. The molecule has 1 heterocycles. The summed E-state index contributed by atoms with van der Waals surface area (Å²) in [5, 5.41) is 0. The number of carbonyl (C=O) groups is 3. The summed E-state index contributed by atoms with van der Waals surface area (Å²) in [5.41, 5.74) is 2.65. The Morgan fingerprint density at radius 1 is 0.963 bits per heavy atom. The molecule has 0 amide bonds. The molecule has 1 fully saturated rings. The number of piperidine rings is 1. The standard InChI is InChI=1S/C22H21NO4/c1-2-27-22(26)14-10-12-23(13-11-14)18-9-5-8-17-19(18)21(25)16-7-4-3-6-15(16)20(17)24/h3-9,14H,2,10-13H2,1H3. The highest BCUT2D eigenvalue weighted by atomic mass is 16.5. The van der Waals surface area contributed by atoms with Crippen LogP contribution in [0, 0.1) is 5.92 Å². The molecule has 1 aliphatic carbocycles. The van der Waals surface area contributed by atoms with Gasteiger partial charge in [-0.15, -0.1) is 0 Å². The molecule has 4 rings (SSSR count). The molecule has 1 saturated heterocycles. The van der Waals surface area contributed by atoms with Crippen LogP contribution < -0.4 is 4.90 Å². The van der Waals surface area contributed by atoms with Crippen molar-refractivity contribution in [3.05, 3.63) is 64.7 Å². The lowest BCUT2D eigenvalue weighted by atomic mass is 9.82. The van der Waals surface area contributed by atoms with Gasteiger partial charge in [-0.25, -0.2) is 0 Å². The SMILES string of the molecule is CCOC(=O)C1CCN(c2cccc3c2C(=O)c2ccccc2C3=O)CC1. The van der Waals surface area contributed by atoms with E-state index >= 15 is 0 Å². The number of hydrogen-bond acceptors (Lipinski definition) is 5. The van der Waals surface area contributed by atoms with Gasteiger partial charge in [0.15, 0.2) is 11.6 Å². The molecule has 27 heavy (non-hydrogen) atoms. The van der Waals surface area contributed by atoms with Crippen LogP contribution in [0.3, 0.4) is 0 Å². The normalized spacial score (nSPS) is 16.7. The molecule has 138 valence electrons. The number of hydrogen-bond donors (Lipinski definition) is 0. The van der Waals surface area contributed by atoms with E-state index in [1.807, 2.05) is 19.1 Å². The molecule has 0 unspecified atom stereocenters. The molecule has 2 aromatic rings. The zero-order valence-corrected chi connectivity index (χ0v) is 15.2. The van der Waals surface area contributed by atoms with Gasteiger partial charge < -0.3 is 9.64 Å². The van der Waals surface area contributed by atoms with E-state index in [0.717, 1.165) is 5.69 Å². The van der Waals surface area contributed by atoms with Gasteiger partial charge in [-0.3, -0.25) is 14.4 Å². The van der Waals surface area contributed by atoms with Gasteiger partial charge >= 0.3 is 5.97 Å². The Bertz CT molecular complexity index is 926. The Balaban J connectivity index is 1.65. The minimum absolute atomic E-state index is 0.0983. The number of esters is 1. The highest BCUT2D eigenvalue weighted by Crippen LogP contribution is 2.35. The van der Waals surface area contributed by atoms with Crippen LogP contribution in [-0.2, 0) is 9.53 Å². The monoisotopic (exact) mass is 363 g/mol. The molecule has 0 atom stereocenters. The molecule has 0 aromatic heterocycles. The summed E-state index contributed by atoms with van der Waals surface area (Å²) in [5.74, 6) is -0.460. The van der Waals surface area contributed by atoms with Gasteiger partial charge in [0.25, 0.3) is 0 Å². The number of rotatable bonds is 3. The average Bonchev–Trinajstić information content (AvgIpc) is 2.72. The quantitative estimate of drug-likeness (QED) is 0.669. The van der Waals surface area contributed by atoms with Gasteiger partial charge in [-0.05, 0) is 25.8 Å².